The molecule has 0 amide bonds. The van der Waals surface area contributed by atoms with Crippen LogP contribution in [-0.4, -0.2) is 33.1 Å². The molecule has 0 unspecified atom stereocenters. The number of anilines is 1. The predicted octanol–water partition coefficient (Wildman–Crippen LogP) is 3.10. The van der Waals surface area contributed by atoms with Gasteiger partial charge in [0.2, 0.25) is 5.95 Å². The van der Waals surface area contributed by atoms with Crippen LogP contribution in [0.5, 0.6) is 0 Å². The Labute approximate surface area is 113 Å². The van der Waals surface area contributed by atoms with E-state index in [2.05, 4.69) is 33.5 Å². The molecule has 2 heterocycles. The molecule has 100 valence electrons. The first-order valence-electron chi connectivity index (χ1n) is 7.12. The molecule has 0 atom stereocenters. The number of hydrogen-bond donors (Lipinski definition) is 0. The van der Waals surface area contributed by atoms with E-state index in [1.165, 1.54) is 32.1 Å². The number of aromatic nitrogens is 3. The number of rotatable bonds is 4. The normalized spacial score (nSPS) is 20.7. The molecule has 1 aliphatic heterocycles. The van der Waals surface area contributed by atoms with Crippen LogP contribution >= 0.6 is 11.8 Å². The van der Waals surface area contributed by atoms with Crippen LogP contribution in [0.3, 0.4) is 0 Å². The van der Waals surface area contributed by atoms with Gasteiger partial charge in [0.05, 0.1) is 0 Å². The minimum Gasteiger partial charge on any atom is -0.341 e. The first-order valence-corrected chi connectivity index (χ1v) is 8.00. The summed E-state index contributed by atoms with van der Waals surface area (Å²) in [4.78, 5) is 2.43. The van der Waals surface area contributed by atoms with E-state index >= 15 is 0 Å². The molecule has 0 radical (unpaired) electrons. The number of piperidine rings is 1. The van der Waals surface area contributed by atoms with Gasteiger partial charge in [0.25, 0.3) is 0 Å². The van der Waals surface area contributed by atoms with Crippen molar-refractivity contribution in [3.05, 3.63) is 0 Å². The van der Waals surface area contributed by atoms with Crippen molar-refractivity contribution in [2.45, 2.75) is 62.4 Å². The molecular weight excluding hydrogens is 244 g/mol. The molecule has 2 fully saturated rings. The lowest BCUT2D eigenvalue weighted by atomic mass is 10.1. The molecule has 1 saturated carbocycles. The summed E-state index contributed by atoms with van der Waals surface area (Å²) in [5.74, 6) is 1.13. The maximum absolute atomic E-state index is 4.47. The van der Waals surface area contributed by atoms with Gasteiger partial charge in [-0.2, -0.15) is 0 Å². The van der Waals surface area contributed by atoms with E-state index in [9.17, 15) is 0 Å². The zero-order valence-electron chi connectivity index (χ0n) is 11.3. The molecule has 5 heteroatoms. The van der Waals surface area contributed by atoms with E-state index in [0.29, 0.717) is 11.3 Å². The first-order chi connectivity index (χ1) is 8.75. The fourth-order valence-electron chi connectivity index (χ4n) is 2.52. The smallest absolute Gasteiger partial charge is 0.228 e. The molecule has 2 aliphatic rings. The van der Waals surface area contributed by atoms with Crippen molar-refractivity contribution in [1.29, 1.82) is 0 Å². The van der Waals surface area contributed by atoms with Crippen molar-refractivity contribution in [2.75, 3.05) is 18.0 Å². The molecule has 1 aromatic rings. The summed E-state index contributed by atoms with van der Waals surface area (Å²) < 4.78 is 2.40. The summed E-state index contributed by atoms with van der Waals surface area (Å²) in [6.07, 6.45) is 6.55. The third-order valence-electron chi connectivity index (χ3n) is 3.54. The van der Waals surface area contributed by atoms with Gasteiger partial charge in [-0.1, -0.05) is 25.6 Å². The highest BCUT2D eigenvalue weighted by molar-refractivity contribution is 7.99. The summed E-state index contributed by atoms with van der Waals surface area (Å²) in [5.41, 5.74) is 0. The van der Waals surface area contributed by atoms with Gasteiger partial charge >= 0.3 is 0 Å². The van der Waals surface area contributed by atoms with Crippen LogP contribution < -0.4 is 4.90 Å². The molecule has 3 rings (SSSR count). The SMILES string of the molecule is CC(C)Sc1nnc(N2CCCCC2)n1C1CC1. The number of thioether (sulfide) groups is 1. The van der Waals surface area contributed by atoms with Crippen LogP contribution in [0.2, 0.25) is 0 Å². The van der Waals surface area contributed by atoms with Gasteiger partial charge in [0.1, 0.15) is 0 Å². The fourth-order valence-corrected chi connectivity index (χ4v) is 3.38. The van der Waals surface area contributed by atoms with Crippen molar-refractivity contribution in [1.82, 2.24) is 14.8 Å². The van der Waals surface area contributed by atoms with Crippen molar-refractivity contribution >= 4 is 17.7 Å². The Hall–Kier alpha value is -0.710. The zero-order chi connectivity index (χ0) is 12.5. The van der Waals surface area contributed by atoms with E-state index in [4.69, 9.17) is 0 Å². The van der Waals surface area contributed by atoms with Crippen LogP contribution in [0.15, 0.2) is 5.16 Å². The van der Waals surface area contributed by atoms with E-state index < -0.39 is 0 Å². The maximum atomic E-state index is 4.47. The minimum absolute atomic E-state index is 0.570. The monoisotopic (exact) mass is 266 g/mol. The lowest BCUT2D eigenvalue weighted by Gasteiger charge is -2.27. The Kier molecular flexibility index (Phi) is 3.50. The van der Waals surface area contributed by atoms with Gasteiger partial charge in [-0.05, 0) is 32.1 Å². The fraction of sp³-hybridized carbons (Fsp3) is 0.846. The summed E-state index contributed by atoms with van der Waals surface area (Å²) >= 11 is 1.84. The van der Waals surface area contributed by atoms with Crippen molar-refractivity contribution in [3.63, 3.8) is 0 Å². The summed E-state index contributed by atoms with van der Waals surface area (Å²) in [6.45, 7) is 6.74. The Morgan fingerprint density at radius 1 is 1.11 bits per heavy atom. The topological polar surface area (TPSA) is 34.0 Å². The third kappa shape index (κ3) is 2.51. The van der Waals surface area contributed by atoms with Crippen LogP contribution in [0.1, 0.15) is 52.0 Å². The van der Waals surface area contributed by atoms with Crippen molar-refractivity contribution in [3.8, 4) is 0 Å². The molecule has 4 nitrogen and oxygen atoms in total. The van der Waals surface area contributed by atoms with E-state index in [0.717, 1.165) is 24.2 Å². The summed E-state index contributed by atoms with van der Waals surface area (Å²) in [7, 11) is 0. The third-order valence-corrected chi connectivity index (χ3v) is 4.50. The second kappa shape index (κ2) is 5.11. The van der Waals surface area contributed by atoms with Crippen LogP contribution in [0, 0.1) is 0 Å². The van der Waals surface area contributed by atoms with Gasteiger partial charge < -0.3 is 4.90 Å². The van der Waals surface area contributed by atoms with Crippen LogP contribution in [0.4, 0.5) is 5.95 Å². The second-order valence-corrected chi connectivity index (χ2v) is 7.14. The molecule has 1 aromatic heterocycles. The maximum Gasteiger partial charge on any atom is 0.228 e. The average Bonchev–Trinajstić information content (AvgIpc) is 3.12. The number of nitrogens with zero attached hydrogens (tertiary/aromatic N) is 4. The molecule has 0 spiro atoms. The molecule has 0 aromatic carbocycles. The highest BCUT2D eigenvalue weighted by atomic mass is 32.2. The first kappa shape index (κ1) is 12.3. The van der Waals surface area contributed by atoms with E-state index in [-0.39, 0.29) is 0 Å². The van der Waals surface area contributed by atoms with E-state index in [1.807, 2.05) is 11.8 Å². The predicted molar refractivity (Wildman–Crippen MR) is 75.4 cm³/mol. The van der Waals surface area contributed by atoms with Crippen molar-refractivity contribution in [2.24, 2.45) is 0 Å². The summed E-state index contributed by atoms with van der Waals surface area (Å²) in [5, 5.41) is 10.6. The molecule has 0 N–H and O–H groups in total. The Morgan fingerprint density at radius 2 is 1.83 bits per heavy atom. The molecular formula is C13H22N4S. The minimum atomic E-state index is 0.570. The Morgan fingerprint density at radius 3 is 2.44 bits per heavy atom. The number of hydrogen-bond acceptors (Lipinski definition) is 4. The molecule has 18 heavy (non-hydrogen) atoms. The van der Waals surface area contributed by atoms with Crippen LogP contribution in [0.25, 0.3) is 0 Å². The lowest BCUT2D eigenvalue weighted by molar-refractivity contribution is 0.548. The van der Waals surface area contributed by atoms with Crippen molar-refractivity contribution < 1.29 is 0 Å². The quantitative estimate of drug-likeness (QED) is 0.784. The lowest BCUT2D eigenvalue weighted by Crippen LogP contribution is -2.31. The largest absolute Gasteiger partial charge is 0.341 e. The molecule has 1 saturated heterocycles. The van der Waals surface area contributed by atoms with Gasteiger partial charge in [0, 0.05) is 24.4 Å². The van der Waals surface area contributed by atoms with Gasteiger partial charge in [-0.15, -0.1) is 10.2 Å². The Balaban J connectivity index is 1.86. The average molecular weight is 266 g/mol. The highest BCUT2D eigenvalue weighted by Crippen LogP contribution is 2.41. The van der Waals surface area contributed by atoms with Gasteiger partial charge in [0.15, 0.2) is 5.16 Å². The molecule has 1 aliphatic carbocycles. The second-order valence-electron chi connectivity index (χ2n) is 5.60. The van der Waals surface area contributed by atoms with Gasteiger partial charge in [-0.25, -0.2) is 0 Å². The Bertz CT molecular complexity index is 405. The van der Waals surface area contributed by atoms with Gasteiger partial charge in [-0.3, -0.25) is 4.57 Å². The zero-order valence-corrected chi connectivity index (χ0v) is 12.1. The van der Waals surface area contributed by atoms with E-state index in [1.54, 1.807) is 0 Å². The standard InChI is InChI=1S/C13H22N4S/c1-10(2)18-13-15-14-12(17(13)11-6-7-11)16-8-4-3-5-9-16/h10-11H,3-9H2,1-2H3. The van der Waals surface area contributed by atoms with Crippen LogP contribution in [-0.2, 0) is 0 Å². The molecule has 0 bridgehead atoms. The summed E-state index contributed by atoms with van der Waals surface area (Å²) in [6, 6.07) is 0.665. The highest BCUT2D eigenvalue weighted by Gasteiger charge is 2.32.